The molecule has 2 amide bonds. The number of amides is 2. The molecule has 2 aromatic carbocycles. The SMILES string of the molecule is NC(CCc1ccccc1)C(=O)NOCCCc1ccc(CNC(=O)CN(CCN(CC(=O)O)CC(=O)O)CCN(CC(=O)O)CC(=O)O)cc1. The number of nitrogens with two attached hydrogens (primary N) is 1. The summed E-state index contributed by atoms with van der Waals surface area (Å²) >= 11 is 0. The second-order valence-electron chi connectivity index (χ2n) is 11.9. The number of aryl methyl sites for hydroxylation is 2. The van der Waals surface area contributed by atoms with E-state index in [0.29, 0.717) is 32.3 Å². The van der Waals surface area contributed by atoms with E-state index in [-0.39, 0.29) is 45.2 Å². The molecule has 0 spiro atoms. The number of carbonyl (C=O) groups excluding carboxylic acids is 2. The molecule has 280 valence electrons. The Balaban J connectivity index is 1.82. The number of hydrogen-bond acceptors (Lipinski definition) is 11. The predicted molar refractivity (Wildman–Crippen MR) is 183 cm³/mol. The number of aliphatic carboxylic acids is 4. The van der Waals surface area contributed by atoms with Crippen molar-refractivity contribution in [1.29, 1.82) is 0 Å². The van der Waals surface area contributed by atoms with Gasteiger partial charge in [-0.25, -0.2) is 5.48 Å². The molecule has 8 N–H and O–H groups in total. The van der Waals surface area contributed by atoms with Gasteiger partial charge in [-0.15, -0.1) is 0 Å². The molecule has 17 heteroatoms. The van der Waals surface area contributed by atoms with Crippen LogP contribution >= 0.6 is 0 Å². The Hall–Kier alpha value is -4.94. The van der Waals surface area contributed by atoms with Gasteiger partial charge >= 0.3 is 23.9 Å². The lowest BCUT2D eigenvalue weighted by atomic mass is 10.1. The largest absolute Gasteiger partial charge is 0.480 e. The monoisotopic (exact) mass is 716 g/mol. The van der Waals surface area contributed by atoms with Gasteiger partial charge in [-0.2, -0.15) is 0 Å². The van der Waals surface area contributed by atoms with Crippen LogP contribution in [0.3, 0.4) is 0 Å². The van der Waals surface area contributed by atoms with Crippen LogP contribution < -0.4 is 16.5 Å². The second-order valence-corrected chi connectivity index (χ2v) is 11.9. The van der Waals surface area contributed by atoms with Crippen molar-refractivity contribution in [3.63, 3.8) is 0 Å². The molecule has 1 atom stereocenters. The summed E-state index contributed by atoms with van der Waals surface area (Å²) < 4.78 is 0. The number of carboxylic acids is 4. The molecular formula is C34H48N6O11. The van der Waals surface area contributed by atoms with E-state index in [4.69, 9.17) is 31.0 Å². The molecule has 0 aromatic heterocycles. The van der Waals surface area contributed by atoms with Gasteiger partial charge in [0, 0.05) is 32.7 Å². The minimum atomic E-state index is -1.23. The number of hydrogen-bond donors (Lipinski definition) is 7. The van der Waals surface area contributed by atoms with E-state index >= 15 is 0 Å². The molecule has 51 heavy (non-hydrogen) atoms. The van der Waals surface area contributed by atoms with Crippen LogP contribution in [0.5, 0.6) is 0 Å². The highest BCUT2D eigenvalue weighted by molar-refractivity contribution is 5.80. The zero-order valence-electron chi connectivity index (χ0n) is 28.4. The molecule has 2 rings (SSSR count). The zero-order valence-corrected chi connectivity index (χ0v) is 28.4. The Morgan fingerprint density at radius 1 is 0.627 bits per heavy atom. The zero-order chi connectivity index (χ0) is 37.6. The molecule has 0 saturated carbocycles. The third-order valence-electron chi connectivity index (χ3n) is 7.59. The lowest BCUT2D eigenvalue weighted by molar-refractivity contribution is -0.143. The van der Waals surface area contributed by atoms with Crippen molar-refractivity contribution < 1.29 is 54.0 Å². The molecule has 2 aromatic rings. The highest BCUT2D eigenvalue weighted by atomic mass is 16.6. The summed E-state index contributed by atoms with van der Waals surface area (Å²) in [6.07, 6.45) is 2.50. The van der Waals surface area contributed by atoms with Crippen LogP contribution in [-0.4, -0.2) is 142 Å². The Bertz CT molecular complexity index is 1340. The van der Waals surface area contributed by atoms with E-state index in [9.17, 15) is 28.8 Å². The normalized spacial score (nSPS) is 11.8. The molecule has 17 nitrogen and oxygen atoms in total. The first-order valence-corrected chi connectivity index (χ1v) is 16.4. The summed E-state index contributed by atoms with van der Waals surface area (Å²) in [5.41, 5.74) is 11.3. The van der Waals surface area contributed by atoms with E-state index in [2.05, 4.69) is 10.8 Å². The van der Waals surface area contributed by atoms with Crippen molar-refractivity contribution in [2.45, 2.75) is 38.3 Å². The molecule has 0 bridgehead atoms. The molecule has 0 aliphatic carbocycles. The second kappa shape index (κ2) is 23.5. The quantitative estimate of drug-likeness (QED) is 0.0454. The molecule has 0 saturated heterocycles. The Kier molecular flexibility index (Phi) is 19.4. The van der Waals surface area contributed by atoms with E-state index in [1.807, 2.05) is 54.6 Å². The first-order chi connectivity index (χ1) is 24.3. The summed E-state index contributed by atoms with van der Waals surface area (Å²) in [5.74, 6) is -5.69. The van der Waals surface area contributed by atoms with E-state index < -0.39 is 62.0 Å². The maximum atomic E-state index is 12.9. The molecule has 0 fully saturated rings. The standard InChI is InChI=1S/C34H48N6O11/c35-28(13-12-25-5-2-1-3-6-25)34(50)37-51-18-4-7-26-8-10-27(11-9-26)19-36-29(41)20-38(14-16-39(21-30(42)43)22-31(44)45)15-17-40(23-32(46)47)24-33(48)49/h1-3,5-6,8-11,28H,4,7,12-24,35H2,(H,36,41)(H,37,50)(H,42,43)(H,44,45)(H,46,47)(H,48,49). The van der Waals surface area contributed by atoms with Gasteiger partial charge in [0.25, 0.3) is 5.91 Å². The minimum Gasteiger partial charge on any atom is -0.480 e. The number of nitrogens with zero attached hydrogens (tertiary/aromatic N) is 3. The number of rotatable bonds is 27. The molecule has 1 unspecified atom stereocenters. The van der Waals surface area contributed by atoms with Crippen LogP contribution in [0, 0.1) is 0 Å². The highest BCUT2D eigenvalue weighted by Crippen LogP contribution is 2.08. The minimum absolute atomic E-state index is 0.0229. The summed E-state index contributed by atoms with van der Waals surface area (Å²) in [5, 5.41) is 39.3. The van der Waals surface area contributed by atoms with Crippen molar-refractivity contribution in [2.24, 2.45) is 5.73 Å². The summed E-state index contributed by atoms with van der Waals surface area (Å²) in [6, 6.07) is 16.6. The maximum absolute atomic E-state index is 12.9. The summed E-state index contributed by atoms with van der Waals surface area (Å²) in [4.78, 5) is 79.1. The highest BCUT2D eigenvalue weighted by Gasteiger charge is 2.20. The first kappa shape index (κ1) is 42.2. The summed E-state index contributed by atoms with van der Waals surface area (Å²) in [7, 11) is 0. The summed E-state index contributed by atoms with van der Waals surface area (Å²) in [6.45, 7) is -1.79. The van der Waals surface area contributed by atoms with Crippen LogP contribution in [-0.2, 0) is 53.0 Å². The van der Waals surface area contributed by atoms with Gasteiger partial charge in [0.15, 0.2) is 0 Å². The van der Waals surface area contributed by atoms with Gasteiger partial charge in [0.2, 0.25) is 5.91 Å². The number of carboxylic acid groups (broad SMARTS) is 4. The van der Waals surface area contributed by atoms with Crippen LogP contribution in [0.2, 0.25) is 0 Å². The molecule has 0 aliphatic heterocycles. The average Bonchev–Trinajstić information content (AvgIpc) is 3.07. The molecule has 0 aliphatic rings. The van der Waals surface area contributed by atoms with E-state index in [0.717, 1.165) is 16.7 Å². The number of carbonyl (C=O) groups is 6. The van der Waals surface area contributed by atoms with Gasteiger partial charge < -0.3 is 31.5 Å². The third-order valence-corrected chi connectivity index (χ3v) is 7.59. The lowest BCUT2D eigenvalue weighted by Gasteiger charge is -2.28. The van der Waals surface area contributed by atoms with Crippen LogP contribution in [0.1, 0.15) is 29.5 Å². The maximum Gasteiger partial charge on any atom is 0.317 e. The van der Waals surface area contributed by atoms with Crippen molar-refractivity contribution in [2.75, 3.05) is 65.5 Å². The van der Waals surface area contributed by atoms with Crippen LogP contribution in [0.15, 0.2) is 54.6 Å². The predicted octanol–water partition coefficient (Wildman–Crippen LogP) is -0.512. The topological polar surface area (TPSA) is 252 Å². The van der Waals surface area contributed by atoms with Gasteiger partial charge in [-0.3, -0.25) is 48.3 Å². The number of hydroxylamine groups is 1. The molecule has 0 radical (unpaired) electrons. The van der Waals surface area contributed by atoms with Crippen molar-refractivity contribution in [1.82, 2.24) is 25.5 Å². The smallest absolute Gasteiger partial charge is 0.317 e. The van der Waals surface area contributed by atoms with Gasteiger partial charge in [0.05, 0.1) is 45.4 Å². The van der Waals surface area contributed by atoms with Crippen molar-refractivity contribution in [3.8, 4) is 0 Å². The molecular weight excluding hydrogens is 668 g/mol. The van der Waals surface area contributed by atoms with Gasteiger partial charge in [0.1, 0.15) is 0 Å². The lowest BCUT2D eigenvalue weighted by Crippen LogP contribution is -2.47. The third kappa shape index (κ3) is 19.7. The van der Waals surface area contributed by atoms with E-state index in [1.165, 1.54) is 9.80 Å². The number of nitrogens with one attached hydrogen (secondary N) is 2. The van der Waals surface area contributed by atoms with Gasteiger partial charge in [-0.05, 0) is 42.4 Å². The Labute approximate surface area is 295 Å². The fourth-order valence-electron chi connectivity index (χ4n) is 4.96. The fourth-order valence-corrected chi connectivity index (χ4v) is 4.96. The van der Waals surface area contributed by atoms with E-state index in [1.54, 1.807) is 4.90 Å². The Morgan fingerprint density at radius 2 is 1.10 bits per heavy atom. The van der Waals surface area contributed by atoms with Crippen LogP contribution in [0.4, 0.5) is 0 Å². The molecule has 0 heterocycles. The number of benzene rings is 2. The fraction of sp³-hybridized carbons (Fsp3) is 0.471. The van der Waals surface area contributed by atoms with Gasteiger partial charge in [-0.1, -0.05) is 54.6 Å². The van der Waals surface area contributed by atoms with Crippen molar-refractivity contribution >= 4 is 35.7 Å². The van der Waals surface area contributed by atoms with Crippen molar-refractivity contribution in [3.05, 3.63) is 71.3 Å². The van der Waals surface area contributed by atoms with Crippen LogP contribution in [0.25, 0.3) is 0 Å². The first-order valence-electron chi connectivity index (χ1n) is 16.4. The Morgan fingerprint density at radius 3 is 1.61 bits per heavy atom. The average molecular weight is 717 g/mol.